The summed E-state index contributed by atoms with van der Waals surface area (Å²) in [5, 5.41) is 19.6. The van der Waals surface area contributed by atoms with Crippen molar-refractivity contribution in [2.24, 2.45) is 0 Å². The van der Waals surface area contributed by atoms with E-state index in [-0.39, 0.29) is 5.76 Å². The number of amidine groups is 1. The normalized spacial score (nSPS) is 14.9. The molecule has 2 heterocycles. The van der Waals surface area contributed by atoms with E-state index in [1.807, 2.05) is 53.4 Å². The molecular weight excluding hydrogens is 386 g/mol. The molecule has 0 amide bonds. The van der Waals surface area contributed by atoms with Crippen molar-refractivity contribution in [1.82, 2.24) is 9.88 Å². The van der Waals surface area contributed by atoms with Gasteiger partial charge in [0, 0.05) is 11.0 Å². The summed E-state index contributed by atoms with van der Waals surface area (Å²) >= 11 is 4.98. The highest BCUT2D eigenvalue weighted by Crippen LogP contribution is 2.33. The maximum atomic E-state index is 10.4. The fourth-order valence-electron chi connectivity index (χ4n) is 2.83. The number of nitrogens with zero attached hydrogens (tertiary/aromatic N) is 2. The first-order valence-corrected chi connectivity index (χ1v) is 9.09. The smallest absolute Gasteiger partial charge is 0.135 e. The topological polar surface area (TPSA) is 60.2 Å². The molecule has 0 radical (unpaired) electrons. The number of hydrogen-bond acceptors (Lipinski definition) is 4. The van der Waals surface area contributed by atoms with Crippen LogP contribution >= 0.6 is 27.3 Å². The highest BCUT2D eigenvalue weighted by molar-refractivity contribution is 9.10. The quantitative estimate of drug-likeness (QED) is 0.663. The second-order valence-corrected chi connectivity index (χ2v) is 7.59. The predicted molar refractivity (Wildman–Crippen MR) is 101 cm³/mol. The number of hydrogen-bond donors (Lipinski definition) is 2. The maximum Gasteiger partial charge on any atom is 0.135 e. The monoisotopic (exact) mass is 399 g/mol. The molecule has 0 spiro atoms. The molecule has 1 aliphatic rings. The fraction of sp³-hybridized carbons (Fsp3) is 0.111. The number of benzene rings is 2. The predicted octanol–water partition coefficient (Wildman–Crippen LogP) is 4.82. The minimum absolute atomic E-state index is 0.217. The van der Waals surface area contributed by atoms with Crippen LogP contribution in [0.5, 0.6) is 0 Å². The Kier molecular flexibility index (Phi) is 3.86. The third kappa shape index (κ3) is 2.72. The van der Waals surface area contributed by atoms with Crippen LogP contribution in [-0.2, 0) is 6.54 Å². The Hall–Kier alpha value is -2.18. The van der Waals surface area contributed by atoms with E-state index in [0.717, 1.165) is 20.3 Å². The summed E-state index contributed by atoms with van der Waals surface area (Å²) in [7, 11) is 0. The molecule has 24 heavy (non-hydrogen) atoms. The average molecular weight is 400 g/mol. The lowest BCUT2D eigenvalue weighted by atomic mass is 10.2. The average Bonchev–Trinajstić information content (AvgIpc) is 3.08. The second-order valence-electron chi connectivity index (χ2n) is 5.64. The van der Waals surface area contributed by atoms with Crippen molar-refractivity contribution in [3.63, 3.8) is 0 Å². The lowest BCUT2D eigenvalue weighted by Gasteiger charge is -2.18. The van der Waals surface area contributed by atoms with Crippen molar-refractivity contribution in [2.75, 3.05) is 6.54 Å². The van der Waals surface area contributed by atoms with Crippen molar-refractivity contribution in [3.8, 4) is 0 Å². The first kappa shape index (κ1) is 15.4. The molecule has 0 unspecified atom stereocenters. The molecule has 1 aliphatic heterocycles. The zero-order chi connectivity index (χ0) is 16.7. The number of aromatic nitrogens is 1. The number of nitrogens with one attached hydrogen (secondary N) is 1. The van der Waals surface area contributed by atoms with Gasteiger partial charge in [-0.2, -0.15) is 0 Å². The standard InChI is InChI=1S/C18H14BrN3OS/c19-12-5-3-4-11(8-12)9-22-10-14(23)16(17(22)20)18-21-13-6-1-2-7-15(13)24-18/h1-8,20,23H,9-10H2. The Morgan fingerprint density at radius 3 is 2.83 bits per heavy atom. The largest absolute Gasteiger partial charge is 0.510 e. The summed E-state index contributed by atoms with van der Waals surface area (Å²) in [5.74, 6) is 0.542. The lowest BCUT2D eigenvalue weighted by molar-refractivity contribution is 0.347. The van der Waals surface area contributed by atoms with Gasteiger partial charge in [0.1, 0.15) is 16.6 Å². The highest BCUT2D eigenvalue weighted by Gasteiger charge is 2.30. The number of fused-ring (bicyclic) bond motifs is 1. The van der Waals surface area contributed by atoms with E-state index in [1.54, 1.807) is 0 Å². The van der Waals surface area contributed by atoms with Crippen LogP contribution in [0.2, 0.25) is 0 Å². The van der Waals surface area contributed by atoms with E-state index < -0.39 is 0 Å². The number of rotatable bonds is 3. The number of halogens is 1. The third-order valence-electron chi connectivity index (χ3n) is 3.95. The van der Waals surface area contributed by atoms with E-state index in [4.69, 9.17) is 5.41 Å². The van der Waals surface area contributed by atoms with Crippen LogP contribution in [0.3, 0.4) is 0 Å². The molecule has 6 heteroatoms. The van der Waals surface area contributed by atoms with Gasteiger partial charge < -0.3 is 10.0 Å². The first-order valence-electron chi connectivity index (χ1n) is 7.48. The molecular formula is C18H14BrN3OS. The molecule has 0 saturated carbocycles. The summed E-state index contributed by atoms with van der Waals surface area (Å²) in [6, 6.07) is 15.9. The Balaban J connectivity index is 1.63. The molecule has 1 aromatic heterocycles. The first-order chi connectivity index (χ1) is 11.6. The molecule has 120 valence electrons. The SMILES string of the molecule is N=C1C(c2nc3ccccc3s2)=C(O)CN1Cc1cccc(Br)c1. The maximum absolute atomic E-state index is 10.4. The van der Waals surface area contributed by atoms with E-state index in [2.05, 4.69) is 20.9 Å². The van der Waals surface area contributed by atoms with Crippen molar-refractivity contribution >= 4 is 48.9 Å². The van der Waals surface area contributed by atoms with Gasteiger partial charge in [0.2, 0.25) is 0 Å². The van der Waals surface area contributed by atoms with Crippen molar-refractivity contribution < 1.29 is 5.11 Å². The van der Waals surface area contributed by atoms with Crippen LogP contribution in [0, 0.1) is 5.41 Å². The number of thiazole rings is 1. The Morgan fingerprint density at radius 2 is 2.04 bits per heavy atom. The van der Waals surface area contributed by atoms with Crippen LogP contribution in [0.4, 0.5) is 0 Å². The van der Waals surface area contributed by atoms with E-state index >= 15 is 0 Å². The summed E-state index contributed by atoms with van der Waals surface area (Å²) in [6.07, 6.45) is 0. The minimum Gasteiger partial charge on any atom is -0.510 e. The second kappa shape index (κ2) is 6.03. The molecule has 2 N–H and O–H groups in total. The van der Waals surface area contributed by atoms with Crippen LogP contribution in [0.15, 0.2) is 58.8 Å². The summed E-state index contributed by atoms with van der Waals surface area (Å²) in [4.78, 5) is 6.44. The van der Waals surface area contributed by atoms with E-state index in [0.29, 0.717) is 29.5 Å². The summed E-state index contributed by atoms with van der Waals surface area (Å²) < 4.78 is 2.07. The van der Waals surface area contributed by atoms with E-state index in [9.17, 15) is 5.11 Å². The summed E-state index contributed by atoms with van der Waals surface area (Å²) in [5.41, 5.74) is 2.54. The van der Waals surface area contributed by atoms with Crippen molar-refractivity contribution in [1.29, 1.82) is 5.41 Å². The van der Waals surface area contributed by atoms with Crippen molar-refractivity contribution in [2.45, 2.75) is 6.54 Å². The van der Waals surface area contributed by atoms with Crippen LogP contribution < -0.4 is 0 Å². The molecule has 3 aromatic rings. The van der Waals surface area contributed by atoms with Gasteiger partial charge in [-0.3, -0.25) is 5.41 Å². The van der Waals surface area contributed by atoms with Gasteiger partial charge in [0.05, 0.1) is 22.3 Å². The van der Waals surface area contributed by atoms with Gasteiger partial charge in [0.15, 0.2) is 0 Å². The summed E-state index contributed by atoms with van der Waals surface area (Å²) in [6.45, 7) is 0.924. The number of aliphatic hydroxyl groups is 1. The van der Waals surface area contributed by atoms with Crippen LogP contribution in [-0.4, -0.2) is 27.4 Å². The van der Waals surface area contributed by atoms with Gasteiger partial charge in [-0.05, 0) is 29.8 Å². The zero-order valence-corrected chi connectivity index (χ0v) is 15.1. The minimum atomic E-state index is 0.217. The van der Waals surface area contributed by atoms with Gasteiger partial charge in [-0.1, -0.05) is 40.2 Å². The Labute approximate surface area is 151 Å². The van der Waals surface area contributed by atoms with Gasteiger partial charge in [-0.25, -0.2) is 4.98 Å². The van der Waals surface area contributed by atoms with E-state index in [1.165, 1.54) is 11.3 Å². The highest BCUT2D eigenvalue weighted by atomic mass is 79.9. The Morgan fingerprint density at radius 1 is 1.21 bits per heavy atom. The Bertz CT molecular complexity index is 946. The van der Waals surface area contributed by atoms with Crippen LogP contribution in [0.25, 0.3) is 15.8 Å². The molecule has 0 aliphatic carbocycles. The molecule has 0 fully saturated rings. The molecule has 0 saturated heterocycles. The molecule has 4 rings (SSSR count). The van der Waals surface area contributed by atoms with Gasteiger partial charge >= 0.3 is 0 Å². The van der Waals surface area contributed by atoms with Crippen LogP contribution in [0.1, 0.15) is 10.6 Å². The molecule has 0 atom stereocenters. The molecule has 4 nitrogen and oxygen atoms in total. The fourth-order valence-corrected chi connectivity index (χ4v) is 4.31. The number of para-hydroxylation sites is 1. The van der Waals surface area contributed by atoms with Gasteiger partial charge in [-0.15, -0.1) is 11.3 Å². The lowest BCUT2D eigenvalue weighted by Crippen LogP contribution is -2.26. The zero-order valence-electron chi connectivity index (χ0n) is 12.7. The number of aliphatic hydroxyl groups excluding tert-OH is 1. The van der Waals surface area contributed by atoms with Gasteiger partial charge in [0.25, 0.3) is 0 Å². The van der Waals surface area contributed by atoms with Crippen molar-refractivity contribution in [3.05, 3.63) is 69.3 Å². The molecule has 2 aromatic carbocycles. The molecule has 0 bridgehead atoms. The third-order valence-corrected chi connectivity index (χ3v) is 5.50.